The van der Waals surface area contributed by atoms with Crippen molar-refractivity contribution in [1.82, 2.24) is 14.8 Å². The normalized spacial score (nSPS) is 15.0. The Balaban J connectivity index is 1.64. The van der Waals surface area contributed by atoms with Crippen molar-refractivity contribution < 1.29 is 9.18 Å². The van der Waals surface area contributed by atoms with Crippen molar-refractivity contribution in [2.45, 2.75) is 36.2 Å². The first-order chi connectivity index (χ1) is 12.6. The van der Waals surface area contributed by atoms with Crippen LogP contribution in [0.5, 0.6) is 0 Å². The minimum atomic E-state index is -0.313. The van der Waals surface area contributed by atoms with Crippen LogP contribution >= 0.6 is 11.8 Å². The van der Waals surface area contributed by atoms with Gasteiger partial charge in [-0.3, -0.25) is 9.36 Å². The van der Waals surface area contributed by atoms with Crippen molar-refractivity contribution in [1.29, 1.82) is 0 Å². The van der Waals surface area contributed by atoms with Gasteiger partial charge in [0, 0.05) is 11.6 Å². The number of carbonyl (C=O) groups excluding carboxylic acids is 1. The number of Topliss-reactive ketones (excluding diaryl/α,β-unsaturated/α-hetero) is 1. The largest absolute Gasteiger partial charge is 0.299 e. The van der Waals surface area contributed by atoms with E-state index in [1.54, 1.807) is 18.2 Å². The molecular formula is C20H18FN3OS. The fourth-order valence-electron chi connectivity index (χ4n) is 2.89. The predicted octanol–water partition coefficient (Wildman–Crippen LogP) is 4.78. The van der Waals surface area contributed by atoms with Gasteiger partial charge in [-0.1, -0.05) is 54.2 Å². The summed E-state index contributed by atoms with van der Waals surface area (Å²) >= 11 is 1.38. The minimum absolute atomic E-state index is 0.0494. The molecule has 0 amide bonds. The fourth-order valence-corrected chi connectivity index (χ4v) is 3.89. The summed E-state index contributed by atoms with van der Waals surface area (Å²) in [7, 11) is 0. The third-order valence-electron chi connectivity index (χ3n) is 4.40. The molecule has 1 unspecified atom stereocenters. The van der Waals surface area contributed by atoms with Crippen LogP contribution in [0.25, 0.3) is 11.4 Å². The van der Waals surface area contributed by atoms with Crippen LogP contribution in [0.2, 0.25) is 0 Å². The SMILES string of the molecule is CC(Sc1nnc(-c2ccccc2F)n1C1CC1)C(=O)c1ccccc1. The molecule has 1 aliphatic rings. The minimum Gasteiger partial charge on any atom is -0.299 e. The van der Waals surface area contributed by atoms with Gasteiger partial charge in [0.15, 0.2) is 16.8 Å². The summed E-state index contributed by atoms with van der Waals surface area (Å²) in [6.07, 6.45) is 2.04. The van der Waals surface area contributed by atoms with Crippen molar-refractivity contribution in [2.24, 2.45) is 0 Å². The maximum Gasteiger partial charge on any atom is 0.192 e. The number of benzene rings is 2. The van der Waals surface area contributed by atoms with Crippen LogP contribution in [0.4, 0.5) is 4.39 Å². The van der Waals surface area contributed by atoms with E-state index in [-0.39, 0.29) is 22.9 Å². The molecule has 0 aliphatic heterocycles. The Kier molecular flexibility index (Phi) is 4.59. The third-order valence-corrected chi connectivity index (χ3v) is 5.46. The molecule has 0 bridgehead atoms. The topological polar surface area (TPSA) is 47.8 Å². The van der Waals surface area contributed by atoms with Crippen LogP contribution < -0.4 is 0 Å². The zero-order valence-corrected chi connectivity index (χ0v) is 15.1. The zero-order chi connectivity index (χ0) is 18.1. The molecule has 1 aromatic heterocycles. The predicted molar refractivity (Wildman–Crippen MR) is 99.8 cm³/mol. The average molecular weight is 367 g/mol. The fraction of sp³-hybridized carbons (Fsp3) is 0.250. The summed E-state index contributed by atoms with van der Waals surface area (Å²) in [5, 5.41) is 8.87. The molecule has 1 saturated carbocycles. The number of hydrogen-bond donors (Lipinski definition) is 0. The van der Waals surface area contributed by atoms with Gasteiger partial charge in [0.2, 0.25) is 0 Å². The number of nitrogens with zero attached hydrogens (tertiary/aromatic N) is 3. The van der Waals surface area contributed by atoms with E-state index in [2.05, 4.69) is 10.2 Å². The van der Waals surface area contributed by atoms with Gasteiger partial charge < -0.3 is 0 Å². The highest BCUT2D eigenvalue weighted by Crippen LogP contribution is 2.42. The maximum absolute atomic E-state index is 14.2. The summed E-state index contributed by atoms with van der Waals surface area (Å²) < 4.78 is 16.2. The van der Waals surface area contributed by atoms with Crippen molar-refractivity contribution in [3.8, 4) is 11.4 Å². The van der Waals surface area contributed by atoms with E-state index in [1.165, 1.54) is 17.8 Å². The molecule has 3 aromatic rings. The molecule has 2 aromatic carbocycles. The highest BCUT2D eigenvalue weighted by Gasteiger charge is 2.32. The van der Waals surface area contributed by atoms with Gasteiger partial charge in [0.05, 0.1) is 10.8 Å². The van der Waals surface area contributed by atoms with Gasteiger partial charge in [0.1, 0.15) is 5.82 Å². The first kappa shape index (κ1) is 17.0. The Hall–Kier alpha value is -2.47. The number of ketones is 1. The second-order valence-corrected chi connectivity index (χ2v) is 7.69. The monoisotopic (exact) mass is 367 g/mol. The second-order valence-electron chi connectivity index (χ2n) is 6.38. The smallest absolute Gasteiger partial charge is 0.192 e. The Labute approximate surface area is 155 Å². The van der Waals surface area contributed by atoms with E-state index < -0.39 is 0 Å². The van der Waals surface area contributed by atoms with Crippen LogP contribution in [0.15, 0.2) is 59.8 Å². The van der Waals surface area contributed by atoms with Gasteiger partial charge in [-0.25, -0.2) is 4.39 Å². The van der Waals surface area contributed by atoms with Gasteiger partial charge >= 0.3 is 0 Å². The molecule has 1 aliphatic carbocycles. The number of halogens is 1. The molecule has 4 rings (SSSR count). The molecule has 0 N–H and O–H groups in total. The Bertz CT molecular complexity index is 937. The van der Waals surface area contributed by atoms with Crippen molar-refractivity contribution in [2.75, 3.05) is 0 Å². The Morgan fingerprint density at radius 3 is 2.50 bits per heavy atom. The molecule has 132 valence electrons. The van der Waals surface area contributed by atoms with Gasteiger partial charge in [-0.15, -0.1) is 10.2 Å². The molecule has 26 heavy (non-hydrogen) atoms. The van der Waals surface area contributed by atoms with Crippen LogP contribution in [-0.2, 0) is 0 Å². The lowest BCUT2D eigenvalue weighted by molar-refractivity contribution is 0.0994. The average Bonchev–Trinajstić information content (AvgIpc) is 3.43. The van der Waals surface area contributed by atoms with E-state index in [0.717, 1.165) is 12.8 Å². The molecule has 1 heterocycles. The lowest BCUT2D eigenvalue weighted by atomic mass is 10.1. The third kappa shape index (κ3) is 3.29. The zero-order valence-electron chi connectivity index (χ0n) is 14.3. The Morgan fingerprint density at radius 1 is 1.12 bits per heavy atom. The van der Waals surface area contributed by atoms with E-state index in [9.17, 15) is 9.18 Å². The van der Waals surface area contributed by atoms with E-state index in [0.29, 0.717) is 22.1 Å². The lowest BCUT2D eigenvalue weighted by Gasteiger charge is -2.12. The lowest BCUT2D eigenvalue weighted by Crippen LogP contribution is -2.14. The van der Waals surface area contributed by atoms with E-state index in [1.807, 2.05) is 41.8 Å². The molecule has 0 radical (unpaired) electrons. The van der Waals surface area contributed by atoms with Crippen LogP contribution in [0.1, 0.15) is 36.2 Å². The van der Waals surface area contributed by atoms with Crippen LogP contribution in [-0.4, -0.2) is 25.8 Å². The highest BCUT2D eigenvalue weighted by atomic mass is 32.2. The molecular weight excluding hydrogens is 349 g/mol. The van der Waals surface area contributed by atoms with Crippen LogP contribution in [0, 0.1) is 5.82 Å². The second kappa shape index (κ2) is 7.03. The van der Waals surface area contributed by atoms with Gasteiger partial charge in [-0.2, -0.15) is 0 Å². The Morgan fingerprint density at radius 2 is 1.81 bits per heavy atom. The van der Waals surface area contributed by atoms with E-state index >= 15 is 0 Å². The molecule has 0 saturated heterocycles. The molecule has 0 spiro atoms. The number of hydrogen-bond acceptors (Lipinski definition) is 4. The maximum atomic E-state index is 14.2. The van der Waals surface area contributed by atoms with Crippen molar-refractivity contribution in [3.05, 3.63) is 66.0 Å². The van der Waals surface area contributed by atoms with Crippen molar-refractivity contribution >= 4 is 17.5 Å². The number of aromatic nitrogens is 3. The van der Waals surface area contributed by atoms with Crippen molar-refractivity contribution in [3.63, 3.8) is 0 Å². The number of carbonyl (C=O) groups is 1. The van der Waals surface area contributed by atoms with Gasteiger partial charge in [-0.05, 0) is 31.9 Å². The summed E-state index contributed by atoms with van der Waals surface area (Å²) in [5.41, 5.74) is 1.13. The first-order valence-corrected chi connectivity index (χ1v) is 9.49. The molecule has 1 atom stereocenters. The summed E-state index contributed by atoms with van der Waals surface area (Å²) in [5.74, 6) is 0.271. The summed E-state index contributed by atoms with van der Waals surface area (Å²) in [6, 6.07) is 16.1. The summed E-state index contributed by atoms with van der Waals surface area (Å²) in [6.45, 7) is 1.87. The van der Waals surface area contributed by atoms with E-state index in [4.69, 9.17) is 0 Å². The first-order valence-electron chi connectivity index (χ1n) is 8.61. The number of thioether (sulfide) groups is 1. The molecule has 6 heteroatoms. The van der Waals surface area contributed by atoms with Gasteiger partial charge in [0.25, 0.3) is 0 Å². The number of rotatable bonds is 6. The molecule has 1 fully saturated rings. The quantitative estimate of drug-likeness (QED) is 0.465. The van der Waals surface area contributed by atoms with Crippen LogP contribution in [0.3, 0.4) is 0 Å². The highest BCUT2D eigenvalue weighted by molar-refractivity contribution is 8.00. The summed E-state index contributed by atoms with van der Waals surface area (Å²) in [4.78, 5) is 12.6. The molecule has 4 nitrogen and oxygen atoms in total. The standard InChI is InChI=1S/C20H18FN3OS/c1-13(18(25)14-7-3-2-4-8-14)26-20-23-22-19(24(20)15-11-12-15)16-9-5-6-10-17(16)21/h2-10,13,15H,11-12H2,1H3.